The second-order valence-electron chi connectivity index (χ2n) is 5.16. The fourth-order valence-corrected chi connectivity index (χ4v) is 3.24. The molecule has 0 unspecified atom stereocenters. The van der Waals surface area contributed by atoms with E-state index in [0.29, 0.717) is 6.42 Å². The summed E-state index contributed by atoms with van der Waals surface area (Å²) in [7, 11) is 0. The van der Waals surface area contributed by atoms with Crippen molar-refractivity contribution in [1.29, 1.82) is 0 Å². The normalized spacial score (nSPS) is 11.1. The minimum absolute atomic E-state index is 0.0187. The van der Waals surface area contributed by atoms with Gasteiger partial charge in [0, 0.05) is 17.4 Å². The molecule has 2 aromatic carbocycles. The SMILES string of the molecule is O=C(Cc1ccc2cc[nH]c2c1)Nc1ccc2ncsc2c1. The Bertz CT molecular complexity index is 892. The van der Waals surface area contributed by atoms with Gasteiger partial charge in [0.2, 0.25) is 5.91 Å². The van der Waals surface area contributed by atoms with Crippen molar-refractivity contribution < 1.29 is 4.79 Å². The van der Waals surface area contributed by atoms with Gasteiger partial charge >= 0.3 is 0 Å². The van der Waals surface area contributed by atoms with Crippen molar-refractivity contribution >= 4 is 44.1 Å². The van der Waals surface area contributed by atoms with Gasteiger partial charge in [-0.3, -0.25) is 4.79 Å². The molecule has 4 aromatic rings. The van der Waals surface area contributed by atoms with Crippen LogP contribution in [-0.2, 0) is 11.2 Å². The van der Waals surface area contributed by atoms with Gasteiger partial charge in [0.15, 0.2) is 0 Å². The highest BCUT2D eigenvalue weighted by atomic mass is 32.1. The van der Waals surface area contributed by atoms with Gasteiger partial charge in [-0.05, 0) is 41.3 Å². The number of amides is 1. The van der Waals surface area contributed by atoms with Crippen LogP contribution in [-0.4, -0.2) is 15.9 Å². The average molecular weight is 307 g/mol. The molecule has 0 atom stereocenters. The van der Waals surface area contributed by atoms with Gasteiger partial charge in [-0.2, -0.15) is 0 Å². The molecule has 2 aromatic heterocycles. The predicted octanol–water partition coefficient (Wildman–Crippen LogP) is 3.96. The second kappa shape index (κ2) is 5.27. The number of carbonyl (C=O) groups excluding carboxylic acids is 1. The van der Waals surface area contributed by atoms with Crippen molar-refractivity contribution in [1.82, 2.24) is 9.97 Å². The third-order valence-corrected chi connectivity index (χ3v) is 4.39. The summed E-state index contributed by atoms with van der Waals surface area (Å²) in [6, 6.07) is 13.8. The number of benzene rings is 2. The molecule has 0 aliphatic rings. The number of nitrogens with zero attached hydrogens (tertiary/aromatic N) is 1. The van der Waals surface area contributed by atoms with Crippen LogP contribution in [0.2, 0.25) is 0 Å². The monoisotopic (exact) mass is 307 g/mol. The van der Waals surface area contributed by atoms with E-state index in [1.54, 1.807) is 11.3 Å². The lowest BCUT2D eigenvalue weighted by Gasteiger charge is -2.05. The summed E-state index contributed by atoms with van der Waals surface area (Å²) in [5, 5.41) is 4.10. The number of aromatic nitrogens is 2. The number of carbonyl (C=O) groups is 1. The molecular weight excluding hydrogens is 294 g/mol. The van der Waals surface area contributed by atoms with Crippen molar-refractivity contribution in [3.8, 4) is 0 Å². The van der Waals surface area contributed by atoms with E-state index in [2.05, 4.69) is 15.3 Å². The van der Waals surface area contributed by atoms with Gasteiger partial charge in [-0.1, -0.05) is 12.1 Å². The van der Waals surface area contributed by atoms with Crippen LogP contribution in [0.3, 0.4) is 0 Å². The zero-order chi connectivity index (χ0) is 14.9. The van der Waals surface area contributed by atoms with Crippen LogP contribution in [0.1, 0.15) is 5.56 Å². The third-order valence-electron chi connectivity index (χ3n) is 3.60. The smallest absolute Gasteiger partial charge is 0.228 e. The van der Waals surface area contributed by atoms with Gasteiger partial charge in [0.1, 0.15) is 0 Å². The van der Waals surface area contributed by atoms with E-state index < -0.39 is 0 Å². The maximum atomic E-state index is 12.2. The summed E-state index contributed by atoms with van der Waals surface area (Å²) in [4.78, 5) is 19.6. The fourth-order valence-electron chi connectivity index (χ4n) is 2.53. The Balaban J connectivity index is 1.51. The Kier molecular flexibility index (Phi) is 3.12. The Morgan fingerprint density at radius 3 is 3.09 bits per heavy atom. The maximum Gasteiger partial charge on any atom is 0.228 e. The fraction of sp³-hybridized carbons (Fsp3) is 0.0588. The molecule has 0 aliphatic carbocycles. The standard InChI is InChI=1S/C17H13N3OS/c21-17(8-11-1-2-12-5-6-18-15(12)7-11)20-13-3-4-14-16(9-13)22-10-19-14/h1-7,9-10,18H,8H2,(H,20,21). The van der Waals surface area contributed by atoms with Gasteiger partial charge in [0.05, 0.1) is 22.1 Å². The first-order chi connectivity index (χ1) is 10.8. The molecule has 22 heavy (non-hydrogen) atoms. The molecule has 0 fully saturated rings. The molecule has 4 rings (SSSR count). The summed E-state index contributed by atoms with van der Waals surface area (Å²) in [6.45, 7) is 0. The minimum Gasteiger partial charge on any atom is -0.361 e. The van der Waals surface area contributed by atoms with Gasteiger partial charge in [0.25, 0.3) is 0 Å². The van der Waals surface area contributed by atoms with Crippen molar-refractivity contribution in [3.05, 3.63) is 59.7 Å². The quantitative estimate of drug-likeness (QED) is 0.602. The number of hydrogen-bond acceptors (Lipinski definition) is 3. The average Bonchev–Trinajstić information content (AvgIpc) is 3.14. The number of anilines is 1. The number of nitrogens with one attached hydrogen (secondary N) is 2. The molecule has 0 saturated heterocycles. The van der Waals surface area contributed by atoms with E-state index >= 15 is 0 Å². The highest BCUT2D eigenvalue weighted by Gasteiger charge is 2.06. The summed E-state index contributed by atoms with van der Waals surface area (Å²) in [6.07, 6.45) is 2.26. The van der Waals surface area contributed by atoms with Gasteiger partial charge < -0.3 is 10.3 Å². The molecule has 0 aliphatic heterocycles. The third kappa shape index (κ3) is 2.46. The molecule has 108 valence electrons. The highest BCUT2D eigenvalue weighted by Crippen LogP contribution is 2.22. The molecule has 1 amide bonds. The van der Waals surface area contributed by atoms with Crippen LogP contribution < -0.4 is 5.32 Å². The van der Waals surface area contributed by atoms with E-state index in [0.717, 1.165) is 32.4 Å². The number of aromatic amines is 1. The van der Waals surface area contributed by atoms with Crippen molar-refractivity contribution in [2.45, 2.75) is 6.42 Å². The summed E-state index contributed by atoms with van der Waals surface area (Å²) < 4.78 is 1.07. The van der Waals surface area contributed by atoms with E-state index in [-0.39, 0.29) is 5.91 Å². The molecule has 2 N–H and O–H groups in total. The van der Waals surface area contributed by atoms with Crippen molar-refractivity contribution in [3.63, 3.8) is 0 Å². The lowest BCUT2D eigenvalue weighted by molar-refractivity contribution is -0.115. The first-order valence-corrected chi connectivity index (χ1v) is 7.85. The first-order valence-electron chi connectivity index (χ1n) is 6.97. The number of thiazole rings is 1. The van der Waals surface area contributed by atoms with Crippen LogP contribution in [0.5, 0.6) is 0 Å². The summed E-state index contributed by atoms with van der Waals surface area (Å²) >= 11 is 1.57. The highest BCUT2D eigenvalue weighted by molar-refractivity contribution is 7.16. The molecular formula is C17H13N3OS. The molecule has 5 heteroatoms. The zero-order valence-corrected chi connectivity index (χ0v) is 12.5. The van der Waals surface area contributed by atoms with Crippen LogP contribution in [0, 0.1) is 0 Å². The molecule has 0 spiro atoms. The Hall–Kier alpha value is -2.66. The molecule has 2 heterocycles. The van der Waals surface area contributed by atoms with E-state index in [9.17, 15) is 4.79 Å². The number of fused-ring (bicyclic) bond motifs is 2. The van der Waals surface area contributed by atoms with E-state index in [4.69, 9.17) is 0 Å². The number of H-pyrrole nitrogens is 1. The lowest BCUT2D eigenvalue weighted by atomic mass is 10.1. The Labute approximate surface area is 130 Å². The van der Waals surface area contributed by atoms with Crippen molar-refractivity contribution in [2.24, 2.45) is 0 Å². The predicted molar refractivity (Wildman–Crippen MR) is 90.3 cm³/mol. The van der Waals surface area contributed by atoms with E-state index in [1.807, 2.05) is 54.2 Å². The first kappa shape index (κ1) is 13.0. The van der Waals surface area contributed by atoms with Crippen LogP contribution in [0.15, 0.2) is 54.2 Å². The topological polar surface area (TPSA) is 57.8 Å². The van der Waals surface area contributed by atoms with Gasteiger partial charge in [-0.15, -0.1) is 11.3 Å². The summed E-state index contributed by atoms with van der Waals surface area (Å²) in [5.74, 6) is -0.0187. The van der Waals surface area contributed by atoms with Gasteiger partial charge in [-0.25, -0.2) is 4.98 Å². The van der Waals surface area contributed by atoms with Crippen LogP contribution in [0.4, 0.5) is 5.69 Å². The number of rotatable bonds is 3. The minimum atomic E-state index is -0.0187. The lowest BCUT2D eigenvalue weighted by Crippen LogP contribution is -2.14. The molecule has 0 saturated carbocycles. The Morgan fingerprint density at radius 2 is 2.14 bits per heavy atom. The largest absolute Gasteiger partial charge is 0.361 e. The van der Waals surface area contributed by atoms with E-state index in [1.165, 1.54) is 0 Å². The molecule has 0 radical (unpaired) electrons. The summed E-state index contributed by atoms with van der Waals surface area (Å²) in [5.41, 5.74) is 5.62. The second-order valence-corrected chi connectivity index (χ2v) is 6.05. The molecule has 4 nitrogen and oxygen atoms in total. The molecule has 0 bridgehead atoms. The maximum absolute atomic E-state index is 12.2. The van der Waals surface area contributed by atoms with Crippen LogP contribution >= 0.6 is 11.3 Å². The Morgan fingerprint density at radius 1 is 1.18 bits per heavy atom. The van der Waals surface area contributed by atoms with Crippen LogP contribution in [0.25, 0.3) is 21.1 Å². The zero-order valence-electron chi connectivity index (χ0n) is 11.7. The van der Waals surface area contributed by atoms with Crippen molar-refractivity contribution in [2.75, 3.05) is 5.32 Å². The number of hydrogen-bond donors (Lipinski definition) is 2.